The van der Waals surface area contributed by atoms with Crippen LogP contribution in [0.3, 0.4) is 0 Å². The molecule has 0 spiro atoms. The average Bonchev–Trinajstić information content (AvgIpc) is 2.66. The number of hydrogen-bond donors (Lipinski definition) is 2. The number of amidine groups is 1. The van der Waals surface area contributed by atoms with E-state index in [1.807, 2.05) is 0 Å². The van der Waals surface area contributed by atoms with Crippen LogP contribution in [0.1, 0.15) is 25.7 Å². The van der Waals surface area contributed by atoms with E-state index < -0.39 is 15.3 Å². The molecule has 19 heavy (non-hydrogen) atoms. The normalized spacial score (nSPS) is 28.7. The first-order valence-corrected chi connectivity index (χ1v) is 8.10. The molecule has 0 aromatic carbocycles. The van der Waals surface area contributed by atoms with Gasteiger partial charge >= 0.3 is 0 Å². The fourth-order valence-electron chi connectivity index (χ4n) is 2.79. The van der Waals surface area contributed by atoms with Gasteiger partial charge in [0.25, 0.3) is 0 Å². The number of oxime groups is 1. The Morgan fingerprint density at radius 3 is 2.47 bits per heavy atom. The van der Waals surface area contributed by atoms with Gasteiger partial charge < -0.3 is 15.8 Å². The van der Waals surface area contributed by atoms with E-state index in [9.17, 15) is 13.2 Å². The second kappa shape index (κ2) is 4.66. The van der Waals surface area contributed by atoms with Gasteiger partial charge in [0, 0.05) is 13.1 Å². The van der Waals surface area contributed by atoms with Crippen molar-refractivity contribution in [2.24, 2.45) is 16.3 Å². The first-order chi connectivity index (χ1) is 8.82. The van der Waals surface area contributed by atoms with Gasteiger partial charge in [-0.25, -0.2) is 8.42 Å². The van der Waals surface area contributed by atoms with E-state index in [0.29, 0.717) is 19.3 Å². The summed E-state index contributed by atoms with van der Waals surface area (Å²) < 4.78 is 22.9. The fraction of sp³-hybridized carbons (Fsp3) is 0.818. The van der Waals surface area contributed by atoms with E-state index in [2.05, 4.69) is 5.16 Å². The monoisotopic (exact) mass is 289 g/mol. The molecule has 7 nitrogen and oxygen atoms in total. The smallest absolute Gasteiger partial charge is 0.236 e. The summed E-state index contributed by atoms with van der Waals surface area (Å²) in [6, 6.07) is -0.304. The molecule has 2 fully saturated rings. The lowest BCUT2D eigenvalue weighted by Crippen LogP contribution is -2.56. The Morgan fingerprint density at radius 2 is 2.11 bits per heavy atom. The molecule has 1 aliphatic heterocycles. The van der Waals surface area contributed by atoms with E-state index in [1.54, 1.807) is 7.05 Å². The zero-order chi connectivity index (χ0) is 14.3. The lowest BCUT2D eigenvalue weighted by atomic mass is 9.66. The van der Waals surface area contributed by atoms with Crippen molar-refractivity contribution in [3.05, 3.63) is 0 Å². The summed E-state index contributed by atoms with van der Waals surface area (Å²) in [5.74, 6) is -0.194. The van der Waals surface area contributed by atoms with Crippen molar-refractivity contribution in [3.8, 4) is 0 Å². The molecule has 1 aliphatic carbocycles. The topological polar surface area (TPSA) is 113 Å². The molecule has 3 N–H and O–H groups in total. The number of amides is 1. The van der Waals surface area contributed by atoms with Gasteiger partial charge in [0.2, 0.25) is 5.91 Å². The van der Waals surface area contributed by atoms with Crippen LogP contribution < -0.4 is 5.73 Å². The number of nitrogens with zero attached hydrogens (tertiary/aromatic N) is 2. The first kappa shape index (κ1) is 14.1. The van der Waals surface area contributed by atoms with Crippen LogP contribution in [0.5, 0.6) is 0 Å². The van der Waals surface area contributed by atoms with Crippen molar-refractivity contribution in [1.82, 2.24) is 4.90 Å². The van der Waals surface area contributed by atoms with Crippen LogP contribution in [0, 0.1) is 5.41 Å². The van der Waals surface area contributed by atoms with Crippen LogP contribution in [-0.2, 0) is 14.6 Å². The van der Waals surface area contributed by atoms with Gasteiger partial charge in [-0.3, -0.25) is 4.79 Å². The van der Waals surface area contributed by atoms with Crippen molar-refractivity contribution in [2.45, 2.75) is 31.7 Å². The zero-order valence-corrected chi connectivity index (χ0v) is 11.7. The summed E-state index contributed by atoms with van der Waals surface area (Å²) in [6.45, 7) is 0. The third-order valence-corrected chi connectivity index (χ3v) is 6.04. The molecule has 1 heterocycles. The van der Waals surface area contributed by atoms with E-state index in [1.165, 1.54) is 4.90 Å². The Kier molecular flexibility index (Phi) is 3.46. The molecule has 2 aliphatic rings. The quantitative estimate of drug-likeness (QED) is 0.316. The van der Waals surface area contributed by atoms with Gasteiger partial charge in [0.1, 0.15) is 5.41 Å². The predicted octanol–water partition coefficient (Wildman–Crippen LogP) is -0.451. The minimum atomic E-state index is -3.04. The molecule has 1 saturated heterocycles. The molecule has 1 atom stereocenters. The number of hydrogen-bond acceptors (Lipinski definition) is 5. The molecule has 0 radical (unpaired) electrons. The molecule has 1 saturated carbocycles. The third kappa shape index (κ3) is 2.29. The van der Waals surface area contributed by atoms with Crippen LogP contribution in [0.2, 0.25) is 0 Å². The summed E-state index contributed by atoms with van der Waals surface area (Å²) in [5.41, 5.74) is 4.70. The van der Waals surface area contributed by atoms with E-state index >= 15 is 0 Å². The van der Waals surface area contributed by atoms with Gasteiger partial charge in [-0.1, -0.05) is 11.6 Å². The van der Waals surface area contributed by atoms with Gasteiger partial charge in [0.05, 0.1) is 11.5 Å². The van der Waals surface area contributed by atoms with Crippen molar-refractivity contribution in [1.29, 1.82) is 0 Å². The summed E-state index contributed by atoms with van der Waals surface area (Å²) in [5, 5.41) is 11.8. The lowest BCUT2D eigenvalue weighted by molar-refractivity contribution is -0.142. The summed E-state index contributed by atoms with van der Waals surface area (Å²) in [6.07, 6.45) is 2.40. The predicted molar refractivity (Wildman–Crippen MR) is 69.5 cm³/mol. The Labute approximate surface area is 112 Å². The Bertz CT molecular complexity index is 510. The first-order valence-electron chi connectivity index (χ1n) is 6.28. The minimum Gasteiger partial charge on any atom is -0.409 e. The highest BCUT2D eigenvalue weighted by molar-refractivity contribution is 7.91. The third-order valence-electron chi connectivity index (χ3n) is 4.29. The number of sulfone groups is 1. The summed E-state index contributed by atoms with van der Waals surface area (Å²) >= 11 is 0. The highest BCUT2D eigenvalue weighted by Gasteiger charge is 2.51. The second-order valence-electron chi connectivity index (χ2n) is 5.39. The van der Waals surface area contributed by atoms with Crippen molar-refractivity contribution >= 4 is 21.6 Å². The zero-order valence-electron chi connectivity index (χ0n) is 10.9. The highest BCUT2D eigenvalue weighted by atomic mass is 32.2. The molecule has 108 valence electrons. The molecular formula is C11H19N3O4S. The maximum absolute atomic E-state index is 12.5. The summed E-state index contributed by atoms with van der Waals surface area (Å²) in [7, 11) is -1.44. The maximum atomic E-state index is 12.5. The lowest BCUT2D eigenvalue weighted by Gasteiger charge is -2.42. The highest BCUT2D eigenvalue weighted by Crippen LogP contribution is 2.43. The number of nitrogens with two attached hydrogens (primary N) is 1. The molecule has 1 unspecified atom stereocenters. The molecule has 0 aromatic rings. The SMILES string of the molecule is CN(C(=O)C1(C(N)=NO)CCC1)C1CCS(=O)(=O)C1. The van der Waals surface area contributed by atoms with Gasteiger partial charge in [0.15, 0.2) is 15.7 Å². The molecule has 0 bridgehead atoms. The summed E-state index contributed by atoms with van der Waals surface area (Å²) in [4.78, 5) is 14.0. The van der Waals surface area contributed by atoms with Gasteiger partial charge in [-0.15, -0.1) is 0 Å². The molecule has 2 rings (SSSR count). The van der Waals surface area contributed by atoms with Crippen LogP contribution in [0.25, 0.3) is 0 Å². The largest absolute Gasteiger partial charge is 0.409 e. The van der Waals surface area contributed by atoms with Crippen molar-refractivity contribution < 1.29 is 18.4 Å². The maximum Gasteiger partial charge on any atom is 0.236 e. The average molecular weight is 289 g/mol. The fourth-order valence-corrected chi connectivity index (χ4v) is 4.56. The number of carbonyl (C=O) groups excluding carboxylic acids is 1. The molecule has 0 aromatic heterocycles. The molecule has 1 amide bonds. The van der Waals surface area contributed by atoms with Crippen LogP contribution in [0.4, 0.5) is 0 Å². The van der Waals surface area contributed by atoms with E-state index in [0.717, 1.165) is 6.42 Å². The molecular weight excluding hydrogens is 270 g/mol. The minimum absolute atomic E-state index is 0.00148. The molecule has 8 heteroatoms. The number of carbonyl (C=O) groups is 1. The Hall–Kier alpha value is -1.31. The number of rotatable bonds is 3. The Balaban J connectivity index is 2.15. The van der Waals surface area contributed by atoms with Crippen molar-refractivity contribution in [3.63, 3.8) is 0 Å². The van der Waals surface area contributed by atoms with E-state index in [4.69, 9.17) is 10.9 Å². The van der Waals surface area contributed by atoms with Crippen LogP contribution >= 0.6 is 0 Å². The van der Waals surface area contributed by atoms with Crippen LogP contribution in [0.15, 0.2) is 5.16 Å². The van der Waals surface area contributed by atoms with Gasteiger partial charge in [-0.2, -0.15) is 0 Å². The Morgan fingerprint density at radius 1 is 1.47 bits per heavy atom. The van der Waals surface area contributed by atoms with Crippen molar-refractivity contribution in [2.75, 3.05) is 18.6 Å². The van der Waals surface area contributed by atoms with E-state index in [-0.39, 0.29) is 29.3 Å². The second-order valence-corrected chi connectivity index (χ2v) is 7.62. The van der Waals surface area contributed by atoms with Gasteiger partial charge in [-0.05, 0) is 19.3 Å². The van der Waals surface area contributed by atoms with Crippen LogP contribution in [-0.4, -0.2) is 54.9 Å². The standard InChI is InChI=1S/C11H19N3O4S/c1-14(8-3-6-19(17,18)7-8)10(15)11(4-2-5-11)9(12)13-16/h8,16H,2-7H2,1H3,(H2,12,13).